The van der Waals surface area contributed by atoms with E-state index in [1.807, 2.05) is 0 Å². The zero-order valence-electron chi connectivity index (χ0n) is 9.42. The zero-order valence-corrected chi connectivity index (χ0v) is 9.42. The lowest BCUT2D eigenvalue weighted by molar-refractivity contribution is 0.602. The van der Waals surface area contributed by atoms with Gasteiger partial charge in [-0.3, -0.25) is 0 Å². The third-order valence-corrected chi connectivity index (χ3v) is 2.41. The number of nitrogens with one attached hydrogen (secondary N) is 1. The molecule has 2 heteroatoms. The highest BCUT2D eigenvalue weighted by atomic mass is 14.9. The van der Waals surface area contributed by atoms with Gasteiger partial charge in [0.2, 0.25) is 0 Å². The molecule has 0 saturated carbocycles. The molecule has 0 amide bonds. The topological polar surface area (TPSA) is 17.0 Å². The third kappa shape index (κ3) is 3.97. The van der Waals surface area contributed by atoms with Gasteiger partial charge in [-0.25, -0.2) is 0 Å². The molecule has 0 aliphatic rings. The van der Waals surface area contributed by atoms with Crippen molar-refractivity contribution in [3.63, 3.8) is 0 Å². The van der Waals surface area contributed by atoms with Crippen molar-refractivity contribution in [3.05, 3.63) is 24.0 Å². The quantitative estimate of drug-likeness (QED) is 0.660. The SMILES string of the molecule is CCCCCn1ccc(CNCC)c1. The molecule has 1 aromatic heterocycles. The summed E-state index contributed by atoms with van der Waals surface area (Å²) in [6.07, 6.45) is 8.36. The van der Waals surface area contributed by atoms with Crippen LogP contribution in [0.15, 0.2) is 18.5 Å². The fourth-order valence-corrected chi connectivity index (χ4v) is 1.55. The number of unbranched alkanes of at least 4 members (excludes halogenated alkanes) is 2. The number of aryl methyl sites for hydroxylation is 1. The zero-order chi connectivity index (χ0) is 10.2. The van der Waals surface area contributed by atoms with E-state index < -0.39 is 0 Å². The Morgan fingerprint density at radius 3 is 2.86 bits per heavy atom. The van der Waals surface area contributed by atoms with Crippen LogP contribution in [0, 0.1) is 0 Å². The van der Waals surface area contributed by atoms with E-state index in [4.69, 9.17) is 0 Å². The van der Waals surface area contributed by atoms with E-state index in [1.165, 1.54) is 31.4 Å². The van der Waals surface area contributed by atoms with E-state index >= 15 is 0 Å². The summed E-state index contributed by atoms with van der Waals surface area (Å²) < 4.78 is 2.29. The minimum atomic E-state index is 0.997. The highest BCUT2D eigenvalue weighted by molar-refractivity contribution is 5.09. The molecule has 0 aliphatic heterocycles. The molecule has 80 valence electrons. The normalized spacial score (nSPS) is 10.7. The molecule has 1 heterocycles. The van der Waals surface area contributed by atoms with Crippen LogP contribution in [-0.4, -0.2) is 11.1 Å². The summed E-state index contributed by atoms with van der Waals surface area (Å²) in [6.45, 7) is 7.59. The monoisotopic (exact) mass is 194 g/mol. The lowest BCUT2D eigenvalue weighted by Crippen LogP contribution is -2.11. The van der Waals surface area contributed by atoms with Crippen LogP contribution < -0.4 is 5.32 Å². The second-order valence-electron chi connectivity index (χ2n) is 3.75. The van der Waals surface area contributed by atoms with Gasteiger partial charge in [-0.15, -0.1) is 0 Å². The van der Waals surface area contributed by atoms with Crippen molar-refractivity contribution in [3.8, 4) is 0 Å². The van der Waals surface area contributed by atoms with Crippen molar-refractivity contribution >= 4 is 0 Å². The van der Waals surface area contributed by atoms with Crippen LogP contribution in [0.4, 0.5) is 0 Å². The summed E-state index contributed by atoms with van der Waals surface area (Å²) in [5.74, 6) is 0. The number of nitrogens with zero attached hydrogens (tertiary/aromatic N) is 1. The van der Waals surface area contributed by atoms with Crippen molar-refractivity contribution in [1.29, 1.82) is 0 Å². The van der Waals surface area contributed by atoms with E-state index in [9.17, 15) is 0 Å². The fourth-order valence-electron chi connectivity index (χ4n) is 1.55. The average Bonchev–Trinajstić information content (AvgIpc) is 2.63. The van der Waals surface area contributed by atoms with Crippen LogP contribution in [-0.2, 0) is 13.1 Å². The van der Waals surface area contributed by atoms with Gasteiger partial charge in [0.15, 0.2) is 0 Å². The largest absolute Gasteiger partial charge is 0.354 e. The van der Waals surface area contributed by atoms with Gasteiger partial charge in [-0.2, -0.15) is 0 Å². The van der Waals surface area contributed by atoms with Crippen molar-refractivity contribution in [2.24, 2.45) is 0 Å². The Kier molecular flexibility index (Phi) is 5.38. The molecule has 0 radical (unpaired) electrons. The van der Waals surface area contributed by atoms with Crippen LogP contribution in [0.3, 0.4) is 0 Å². The predicted molar refractivity (Wildman–Crippen MR) is 61.3 cm³/mol. The van der Waals surface area contributed by atoms with E-state index in [-0.39, 0.29) is 0 Å². The summed E-state index contributed by atoms with van der Waals surface area (Å²) in [5, 5.41) is 3.33. The Morgan fingerprint density at radius 2 is 2.14 bits per heavy atom. The number of hydrogen-bond acceptors (Lipinski definition) is 1. The van der Waals surface area contributed by atoms with Gasteiger partial charge in [0, 0.05) is 25.5 Å². The average molecular weight is 194 g/mol. The first kappa shape index (κ1) is 11.3. The van der Waals surface area contributed by atoms with Crippen molar-refractivity contribution in [2.75, 3.05) is 6.54 Å². The van der Waals surface area contributed by atoms with Crippen molar-refractivity contribution < 1.29 is 0 Å². The smallest absolute Gasteiger partial charge is 0.0220 e. The molecule has 0 unspecified atom stereocenters. The van der Waals surface area contributed by atoms with Gasteiger partial charge in [-0.1, -0.05) is 26.7 Å². The minimum Gasteiger partial charge on any atom is -0.354 e. The first-order valence-corrected chi connectivity index (χ1v) is 5.72. The van der Waals surface area contributed by atoms with Gasteiger partial charge < -0.3 is 9.88 Å². The summed E-state index contributed by atoms with van der Waals surface area (Å²) in [6, 6.07) is 2.20. The lowest BCUT2D eigenvalue weighted by atomic mass is 10.2. The predicted octanol–water partition coefficient (Wildman–Crippen LogP) is 2.79. The maximum atomic E-state index is 3.33. The van der Waals surface area contributed by atoms with Crippen LogP contribution in [0.1, 0.15) is 38.7 Å². The molecular formula is C12H22N2. The molecule has 14 heavy (non-hydrogen) atoms. The van der Waals surface area contributed by atoms with E-state index in [0.717, 1.165) is 13.1 Å². The van der Waals surface area contributed by atoms with E-state index in [1.54, 1.807) is 0 Å². The maximum Gasteiger partial charge on any atom is 0.0220 e. The van der Waals surface area contributed by atoms with Gasteiger partial charge in [-0.05, 0) is 24.6 Å². The van der Waals surface area contributed by atoms with E-state index in [0.29, 0.717) is 0 Å². The van der Waals surface area contributed by atoms with Gasteiger partial charge in [0.05, 0.1) is 0 Å². The molecule has 0 aliphatic carbocycles. The Hall–Kier alpha value is -0.760. The molecule has 1 N–H and O–H groups in total. The molecule has 0 saturated heterocycles. The number of aromatic nitrogens is 1. The molecule has 0 fully saturated rings. The molecule has 0 spiro atoms. The van der Waals surface area contributed by atoms with Crippen LogP contribution in [0.5, 0.6) is 0 Å². The Balaban J connectivity index is 2.27. The lowest BCUT2D eigenvalue weighted by Gasteiger charge is -2.01. The van der Waals surface area contributed by atoms with Crippen LogP contribution in [0.2, 0.25) is 0 Å². The van der Waals surface area contributed by atoms with E-state index in [2.05, 4.69) is 42.2 Å². The van der Waals surface area contributed by atoms with Crippen LogP contribution >= 0.6 is 0 Å². The van der Waals surface area contributed by atoms with Gasteiger partial charge in [0.1, 0.15) is 0 Å². The number of rotatable bonds is 7. The molecular weight excluding hydrogens is 172 g/mol. The molecule has 1 rings (SSSR count). The van der Waals surface area contributed by atoms with Crippen molar-refractivity contribution in [1.82, 2.24) is 9.88 Å². The van der Waals surface area contributed by atoms with Gasteiger partial charge in [0.25, 0.3) is 0 Å². The van der Waals surface area contributed by atoms with Gasteiger partial charge >= 0.3 is 0 Å². The van der Waals surface area contributed by atoms with Crippen LogP contribution in [0.25, 0.3) is 0 Å². The Labute approximate surface area is 87.3 Å². The second-order valence-corrected chi connectivity index (χ2v) is 3.75. The first-order chi connectivity index (χ1) is 6.86. The maximum absolute atomic E-state index is 3.33. The highest BCUT2D eigenvalue weighted by Gasteiger charge is 1.95. The summed E-state index contributed by atoms with van der Waals surface area (Å²) >= 11 is 0. The first-order valence-electron chi connectivity index (χ1n) is 5.72. The molecule has 0 atom stereocenters. The summed E-state index contributed by atoms with van der Waals surface area (Å²) in [7, 11) is 0. The second kappa shape index (κ2) is 6.66. The molecule has 2 nitrogen and oxygen atoms in total. The molecule has 0 aromatic carbocycles. The van der Waals surface area contributed by atoms with Crippen molar-refractivity contribution in [2.45, 2.75) is 46.2 Å². The molecule has 0 bridgehead atoms. The molecule has 1 aromatic rings. The highest BCUT2D eigenvalue weighted by Crippen LogP contribution is 2.04. The Morgan fingerprint density at radius 1 is 1.29 bits per heavy atom. The fraction of sp³-hybridized carbons (Fsp3) is 0.667. The minimum absolute atomic E-state index is 0.997. The number of hydrogen-bond donors (Lipinski definition) is 1. The summed E-state index contributed by atoms with van der Waals surface area (Å²) in [4.78, 5) is 0. The standard InChI is InChI=1S/C12H22N2/c1-3-5-6-8-14-9-7-12(11-14)10-13-4-2/h7,9,11,13H,3-6,8,10H2,1-2H3. The summed E-state index contributed by atoms with van der Waals surface area (Å²) in [5.41, 5.74) is 1.39. The third-order valence-electron chi connectivity index (χ3n) is 2.41. The Bertz CT molecular complexity index is 240.